The second-order valence-corrected chi connectivity index (χ2v) is 3.55. The van der Waals surface area contributed by atoms with Gasteiger partial charge in [0.2, 0.25) is 0 Å². The van der Waals surface area contributed by atoms with Gasteiger partial charge in [0.05, 0.1) is 5.69 Å². The molecule has 6 heteroatoms. The molecule has 0 aliphatic carbocycles. The summed E-state index contributed by atoms with van der Waals surface area (Å²) >= 11 is 5.96. The first kappa shape index (κ1) is 10.5. The Bertz CT molecular complexity index is 551. The van der Waals surface area contributed by atoms with Crippen molar-refractivity contribution >= 4 is 23.4 Å². The van der Waals surface area contributed by atoms with E-state index in [9.17, 15) is 4.79 Å². The minimum atomic E-state index is -1.14. The number of hydrogen-bond acceptors (Lipinski definition) is 3. The molecule has 4 N–H and O–H groups in total. The Hall–Kier alpha value is -2.01. The number of aromatic carboxylic acids is 1. The number of nitrogens with one attached hydrogen (secondary N) is 1. The van der Waals surface area contributed by atoms with E-state index in [2.05, 4.69) is 10.2 Å². The highest BCUT2D eigenvalue weighted by Gasteiger charge is 2.20. The monoisotopic (exact) mass is 237 g/mol. The van der Waals surface area contributed by atoms with Gasteiger partial charge in [-0.2, -0.15) is 5.10 Å². The maximum absolute atomic E-state index is 11.0. The van der Waals surface area contributed by atoms with E-state index < -0.39 is 5.97 Å². The molecule has 0 saturated heterocycles. The van der Waals surface area contributed by atoms with Gasteiger partial charge in [-0.15, -0.1) is 0 Å². The Kier molecular flexibility index (Phi) is 2.54. The predicted molar refractivity (Wildman–Crippen MR) is 60.4 cm³/mol. The number of anilines is 1. The lowest BCUT2D eigenvalue weighted by molar-refractivity contribution is 0.0699. The summed E-state index contributed by atoms with van der Waals surface area (Å²) in [6, 6.07) is 6.87. The Balaban J connectivity index is 2.66. The summed E-state index contributed by atoms with van der Waals surface area (Å²) in [4.78, 5) is 11.0. The fourth-order valence-corrected chi connectivity index (χ4v) is 1.66. The standard InChI is InChI=1S/C10H8ClN3O2/c11-6-4-2-1-3-5(6)8-7(10(15)16)9(12)14-13-8/h1-4H,(H,15,16)(H3,12,13,14). The molecule has 0 fully saturated rings. The number of nitrogen functional groups attached to an aromatic ring is 1. The Morgan fingerprint density at radius 3 is 2.75 bits per heavy atom. The zero-order chi connectivity index (χ0) is 11.7. The van der Waals surface area contributed by atoms with E-state index >= 15 is 0 Å². The first-order valence-corrected chi connectivity index (χ1v) is 4.81. The second kappa shape index (κ2) is 3.86. The maximum Gasteiger partial charge on any atom is 0.341 e. The van der Waals surface area contributed by atoms with Crippen LogP contribution in [0.2, 0.25) is 5.02 Å². The van der Waals surface area contributed by atoms with Gasteiger partial charge in [-0.25, -0.2) is 4.79 Å². The number of aromatic amines is 1. The summed E-state index contributed by atoms with van der Waals surface area (Å²) in [7, 11) is 0. The summed E-state index contributed by atoms with van der Waals surface area (Å²) in [5, 5.41) is 15.7. The lowest BCUT2D eigenvalue weighted by atomic mass is 10.1. The lowest BCUT2D eigenvalue weighted by Crippen LogP contribution is -2.01. The number of hydrogen-bond donors (Lipinski definition) is 3. The summed E-state index contributed by atoms with van der Waals surface area (Å²) in [6.45, 7) is 0. The quantitative estimate of drug-likeness (QED) is 0.745. The van der Waals surface area contributed by atoms with Crippen LogP contribution in [0.15, 0.2) is 24.3 Å². The molecule has 0 spiro atoms. The summed E-state index contributed by atoms with van der Waals surface area (Å²) in [6.07, 6.45) is 0. The average molecular weight is 238 g/mol. The van der Waals surface area contributed by atoms with Gasteiger partial charge in [-0.1, -0.05) is 29.8 Å². The number of halogens is 1. The van der Waals surface area contributed by atoms with Gasteiger partial charge >= 0.3 is 5.97 Å². The van der Waals surface area contributed by atoms with Gasteiger partial charge in [0.15, 0.2) is 5.82 Å². The summed E-state index contributed by atoms with van der Waals surface area (Å²) in [5.74, 6) is -1.19. The van der Waals surface area contributed by atoms with Crippen molar-refractivity contribution in [1.29, 1.82) is 0 Å². The molecule has 0 bridgehead atoms. The van der Waals surface area contributed by atoms with Crippen LogP contribution in [-0.4, -0.2) is 21.3 Å². The van der Waals surface area contributed by atoms with Crippen LogP contribution >= 0.6 is 11.6 Å². The number of aromatic nitrogens is 2. The minimum Gasteiger partial charge on any atom is -0.477 e. The summed E-state index contributed by atoms with van der Waals surface area (Å²) < 4.78 is 0. The molecule has 0 unspecified atom stereocenters. The van der Waals surface area contributed by atoms with Crippen molar-refractivity contribution in [3.63, 3.8) is 0 Å². The molecule has 16 heavy (non-hydrogen) atoms. The Labute approximate surface area is 95.8 Å². The van der Waals surface area contributed by atoms with Crippen molar-refractivity contribution < 1.29 is 9.90 Å². The first-order valence-electron chi connectivity index (χ1n) is 4.43. The van der Waals surface area contributed by atoms with Gasteiger partial charge in [-0.3, -0.25) is 5.10 Å². The SMILES string of the molecule is Nc1n[nH]c(-c2ccccc2Cl)c1C(=O)O. The van der Waals surface area contributed by atoms with Crippen LogP contribution in [0, 0.1) is 0 Å². The van der Waals surface area contributed by atoms with Crippen LogP contribution in [0.1, 0.15) is 10.4 Å². The number of nitrogens with zero attached hydrogens (tertiary/aromatic N) is 1. The second-order valence-electron chi connectivity index (χ2n) is 3.14. The van der Waals surface area contributed by atoms with Gasteiger partial charge in [0, 0.05) is 10.6 Å². The molecule has 0 aliphatic heterocycles. The number of carbonyl (C=O) groups is 1. The number of carboxylic acid groups (broad SMARTS) is 1. The third kappa shape index (κ3) is 1.61. The molecular formula is C10H8ClN3O2. The highest BCUT2D eigenvalue weighted by Crippen LogP contribution is 2.30. The Morgan fingerprint density at radius 1 is 1.44 bits per heavy atom. The molecule has 0 aliphatic rings. The van der Waals surface area contributed by atoms with Gasteiger partial charge in [0.1, 0.15) is 5.56 Å². The Morgan fingerprint density at radius 2 is 2.12 bits per heavy atom. The van der Waals surface area contributed by atoms with Crippen molar-refractivity contribution in [2.45, 2.75) is 0 Å². The van der Waals surface area contributed by atoms with Crippen LogP contribution < -0.4 is 5.73 Å². The van der Waals surface area contributed by atoms with Crippen molar-refractivity contribution in [3.8, 4) is 11.3 Å². The molecule has 0 amide bonds. The molecule has 0 radical (unpaired) electrons. The van der Waals surface area contributed by atoms with Crippen molar-refractivity contribution in [1.82, 2.24) is 10.2 Å². The summed E-state index contributed by atoms with van der Waals surface area (Å²) in [5.41, 5.74) is 6.28. The number of benzene rings is 1. The third-order valence-corrected chi connectivity index (χ3v) is 2.48. The van der Waals surface area contributed by atoms with E-state index in [1.165, 1.54) is 0 Å². The van der Waals surface area contributed by atoms with Crippen molar-refractivity contribution in [2.75, 3.05) is 5.73 Å². The number of rotatable bonds is 2. The molecule has 82 valence electrons. The highest BCUT2D eigenvalue weighted by atomic mass is 35.5. The molecule has 2 rings (SSSR count). The highest BCUT2D eigenvalue weighted by molar-refractivity contribution is 6.33. The third-order valence-electron chi connectivity index (χ3n) is 2.15. The fraction of sp³-hybridized carbons (Fsp3) is 0. The number of H-pyrrole nitrogens is 1. The van der Waals surface area contributed by atoms with Gasteiger partial charge in [-0.05, 0) is 6.07 Å². The molecule has 5 nitrogen and oxygen atoms in total. The minimum absolute atomic E-state index is 0.0533. The van der Waals surface area contributed by atoms with E-state index in [1.807, 2.05) is 0 Å². The van der Waals surface area contributed by atoms with Crippen LogP contribution in [0.4, 0.5) is 5.82 Å². The average Bonchev–Trinajstić information content (AvgIpc) is 2.61. The number of carboxylic acids is 1. The topological polar surface area (TPSA) is 92.0 Å². The van der Waals surface area contributed by atoms with E-state index in [-0.39, 0.29) is 11.4 Å². The molecule has 1 aromatic heterocycles. The van der Waals surface area contributed by atoms with Crippen LogP contribution in [0.3, 0.4) is 0 Å². The molecule has 1 aromatic carbocycles. The van der Waals surface area contributed by atoms with Crippen LogP contribution in [0.25, 0.3) is 11.3 Å². The van der Waals surface area contributed by atoms with Crippen LogP contribution in [-0.2, 0) is 0 Å². The zero-order valence-electron chi connectivity index (χ0n) is 8.07. The lowest BCUT2D eigenvalue weighted by Gasteiger charge is -2.02. The van der Waals surface area contributed by atoms with Crippen molar-refractivity contribution in [3.05, 3.63) is 34.9 Å². The molecule has 0 atom stereocenters. The van der Waals surface area contributed by atoms with E-state index in [4.69, 9.17) is 22.4 Å². The number of nitrogens with two attached hydrogens (primary N) is 1. The first-order chi connectivity index (χ1) is 7.61. The van der Waals surface area contributed by atoms with Crippen LogP contribution in [0.5, 0.6) is 0 Å². The van der Waals surface area contributed by atoms with E-state index in [0.29, 0.717) is 16.3 Å². The normalized spacial score (nSPS) is 10.3. The zero-order valence-corrected chi connectivity index (χ0v) is 8.82. The maximum atomic E-state index is 11.0. The molecular weight excluding hydrogens is 230 g/mol. The van der Waals surface area contributed by atoms with Gasteiger partial charge in [0.25, 0.3) is 0 Å². The smallest absolute Gasteiger partial charge is 0.341 e. The molecule has 2 aromatic rings. The fourth-order valence-electron chi connectivity index (χ4n) is 1.43. The van der Waals surface area contributed by atoms with E-state index in [0.717, 1.165) is 0 Å². The molecule has 1 heterocycles. The van der Waals surface area contributed by atoms with E-state index in [1.54, 1.807) is 24.3 Å². The predicted octanol–water partition coefficient (Wildman–Crippen LogP) is 2.01. The van der Waals surface area contributed by atoms with Crippen molar-refractivity contribution in [2.24, 2.45) is 0 Å². The molecule has 0 saturated carbocycles. The van der Waals surface area contributed by atoms with Gasteiger partial charge < -0.3 is 10.8 Å². The largest absolute Gasteiger partial charge is 0.477 e.